The minimum absolute atomic E-state index is 0.00184. The molecule has 0 amide bonds. The molecule has 6 nitrogen and oxygen atoms in total. The molecule has 128 valence electrons. The zero-order valence-corrected chi connectivity index (χ0v) is 14.4. The predicted molar refractivity (Wildman–Crippen MR) is 101 cm³/mol. The summed E-state index contributed by atoms with van der Waals surface area (Å²) in [6, 6.07) is 18.2. The number of aromatic nitrogens is 2. The first-order chi connectivity index (χ1) is 12.5. The van der Waals surface area contributed by atoms with Gasteiger partial charge in [0.15, 0.2) is 5.78 Å². The van der Waals surface area contributed by atoms with Gasteiger partial charge in [-0.25, -0.2) is 4.98 Å². The van der Waals surface area contributed by atoms with Crippen LogP contribution in [0.4, 0.5) is 23.1 Å². The highest BCUT2D eigenvalue weighted by Crippen LogP contribution is 2.20. The number of carbonyl (C=O) groups is 1. The number of nitrogens with zero attached hydrogens (tertiary/aromatic N) is 3. The molecule has 2 aromatic carbocycles. The second-order valence-electron chi connectivity index (χ2n) is 5.79. The van der Waals surface area contributed by atoms with E-state index in [1.165, 1.54) is 6.92 Å². The minimum atomic E-state index is 0.00184. The van der Waals surface area contributed by atoms with E-state index in [1.807, 2.05) is 37.3 Å². The molecule has 6 heteroatoms. The van der Waals surface area contributed by atoms with E-state index >= 15 is 0 Å². The molecule has 1 heterocycles. The second-order valence-corrected chi connectivity index (χ2v) is 5.79. The SMILES string of the molecule is CC(=O)c1cccc(Nc2nc(C)cc(Nc3ccc(C#N)cc3)n2)c1. The van der Waals surface area contributed by atoms with Crippen LogP contribution in [-0.2, 0) is 0 Å². The van der Waals surface area contributed by atoms with Crippen LogP contribution in [0.25, 0.3) is 0 Å². The number of anilines is 4. The smallest absolute Gasteiger partial charge is 0.229 e. The molecule has 0 saturated heterocycles. The second kappa shape index (κ2) is 7.45. The molecule has 0 fully saturated rings. The summed E-state index contributed by atoms with van der Waals surface area (Å²) in [6.45, 7) is 3.41. The van der Waals surface area contributed by atoms with Crippen molar-refractivity contribution < 1.29 is 4.79 Å². The zero-order valence-electron chi connectivity index (χ0n) is 14.4. The Morgan fingerprint density at radius 3 is 2.46 bits per heavy atom. The zero-order chi connectivity index (χ0) is 18.5. The van der Waals surface area contributed by atoms with Gasteiger partial charge in [0.05, 0.1) is 11.6 Å². The third-order valence-electron chi connectivity index (χ3n) is 3.67. The van der Waals surface area contributed by atoms with Crippen molar-refractivity contribution in [2.75, 3.05) is 10.6 Å². The molecule has 0 aliphatic carbocycles. The summed E-state index contributed by atoms with van der Waals surface area (Å²) in [6.07, 6.45) is 0. The van der Waals surface area contributed by atoms with Crippen molar-refractivity contribution in [3.63, 3.8) is 0 Å². The molecule has 0 radical (unpaired) electrons. The van der Waals surface area contributed by atoms with Crippen LogP contribution in [0.1, 0.15) is 28.5 Å². The standard InChI is InChI=1S/C20H17N5O/c1-13-10-19(23-17-8-6-15(12-21)7-9-17)25-20(22-13)24-18-5-3-4-16(11-18)14(2)26/h3-11H,1-2H3,(H2,22,23,24,25). The Hall–Kier alpha value is -3.72. The molecule has 0 unspecified atom stereocenters. The Balaban J connectivity index is 1.82. The molecular formula is C20H17N5O. The van der Waals surface area contributed by atoms with Gasteiger partial charge in [0.2, 0.25) is 5.95 Å². The topological polar surface area (TPSA) is 90.7 Å². The van der Waals surface area contributed by atoms with Crippen molar-refractivity contribution in [1.82, 2.24) is 9.97 Å². The van der Waals surface area contributed by atoms with Crippen molar-refractivity contribution in [1.29, 1.82) is 5.26 Å². The number of nitrogens with one attached hydrogen (secondary N) is 2. The lowest BCUT2D eigenvalue weighted by atomic mass is 10.1. The lowest BCUT2D eigenvalue weighted by Gasteiger charge is -2.10. The number of benzene rings is 2. The summed E-state index contributed by atoms with van der Waals surface area (Å²) in [7, 11) is 0. The Kier molecular flexibility index (Phi) is 4.90. The molecule has 0 aliphatic rings. The molecule has 1 aromatic heterocycles. The van der Waals surface area contributed by atoms with Gasteiger partial charge in [-0.05, 0) is 50.2 Å². The minimum Gasteiger partial charge on any atom is -0.340 e. The van der Waals surface area contributed by atoms with Crippen LogP contribution in [0.2, 0.25) is 0 Å². The van der Waals surface area contributed by atoms with Gasteiger partial charge in [0, 0.05) is 28.7 Å². The number of carbonyl (C=O) groups excluding carboxylic acids is 1. The van der Waals surface area contributed by atoms with E-state index in [4.69, 9.17) is 5.26 Å². The Labute approximate surface area is 151 Å². The van der Waals surface area contributed by atoms with Crippen LogP contribution in [0.5, 0.6) is 0 Å². The number of hydrogen-bond acceptors (Lipinski definition) is 6. The van der Waals surface area contributed by atoms with Gasteiger partial charge < -0.3 is 10.6 Å². The third kappa shape index (κ3) is 4.22. The van der Waals surface area contributed by atoms with Crippen molar-refractivity contribution in [2.24, 2.45) is 0 Å². The fourth-order valence-electron chi connectivity index (χ4n) is 2.41. The largest absolute Gasteiger partial charge is 0.340 e. The van der Waals surface area contributed by atoms with Crippen molar-refractivity contribution in [2.45, 2.75) is 13.8 Å². The quantitative estimate of drug-likeness (QED) is 0.669. The van der Waals surface area contributed by atoms with Crippen molar-refractivity contribution in [3.05, 3.63) is 71.4 Å². The highest BCUT2D eigenvalue weighted by Gasteiger charge is 2.06. The number of hydrogen-bond donors (Lipinski definition) is 2. The Morgan fingerprint density at radius 1 is 1.00 bits per heavy atom. The fourth-order valence-corrected chi connectivity index (χ4v) is 2.41. The highest BCUT2D eigenvalue weighted by atomic mass is 16.1. The number of rotatable bonds is 5. The molecule has 3 aromatic rings. The van der Waals surface area contributed by atoms with Crippen molar-refractivity contribution in [3.8, 4) is 6.07 Å². The number of aryl methyl sites for hydroxylation is 1. The normalized spacial score (nSPS) is 10.0. The van der Waals surface area contributed by atoms with Gasteiger partial charge in [-0.15, -0.1) is 0 Å². The van der Waals surface area contributed by atoms with Crippen LogP contribution in [0, 0.1) is 18.3 Å². The van der Waals surface area contributed by atoms with Gasteiger partial charge >= 0.3 is 0 Å². The first-order valence-corrected chi connectivity index (χ1v) is 8.04. The highest BCUT2D eigenvalue weighted by molar-refractivity contribution is 5.95. The lowest BCUT2D eigenvalue weighted by molar-refractivity contribution is 0.101. The first kappa shape index (κ1) is 17.1. The third-order valence-corrected chi connectivity index (χ3v) is 3.67. The summed E-state index contributed by atoms with van der Waals surface area (Å²) < 4.78 is 0. The van der Waals surface area contributed by atoms with Gasteiger partial charge in [-0.2, -0.15) is 10.2 Å². The summed E-state index contributed by atoms with van der Waals surface area (Å²) in [5, 5.41) is 15.2. The molecular weight excluding hydrogens is 326 g/mol. The Bertz CT molecular complexity index is 990. The van der Waals surface area contributed by atoms with E-state index in [-0.39, 0.29) is 5.78 Å². The first-order valence-electron chi connectivity index (χ1n) is 8.04. The molecule has 0 atom stereocenters. The Morgan fingerprint density at radius 2 is 1.77 bits per heavy atom. The van der Waals surface area contributed by atoms with E-state index in [9.17, 15) is 4.79 Å². The molecule has 0 aliphatic heterocycles. The molecule has 2 N–H and O–H groups in total. The van der Waals surface area contributed by atoms with Crippen LogP contribution in [0.3, 0.4) is 0 Å². The molecule has 3 rings (SSSR count). The summed E-state index contributed by atoms with van der Waals surface area (Å²) in [5.74, 6) is 1.07. The lowest BCUT2D eigenvalue weighted by Crippen LogP contribution is -2.03. The molecule has 0 spiro atoms. The van der Waals surface area contributed by atoms with E-state index in [2.05, 4.69) is 26.7 Å². The van der Waals surface area contributed by atoms with Crippen LogP contribution in [-0.4, -0.2) is 15.8 Å². The number of ketones is 1. The average Bonchev–Trinajstić information content (AvgIpc) is 2.62. The summed E-state index contributed by atoms with van der Waals surface area (Å²) in [4.78, 5) is 20.4. The van der Waals surface area contributed by atoms with Gasteiger partial charge in [-0.3, -0.25) is 4.79 Å². The fraction of sp³-hybridized carbons (Fsp3) is 0.100. The predicted octanol–water partition coefficient (Wildman–Crippen LogP) is 4.35. The van der Waals surface area contributed by atoms with Gasteiger partial charge in [0.1, 0.15) is 5.82 Å². The molecule has 0 saturated carbocycles. The van der Waals surface area contributed by atoms with Crippen molar-refractivity contribution >= 4 is 28.9 Å². The maximum absolute atomic E-state index is 11.5. The van der Waals surface area contributed by atoms with E-state index in [1.54, 1.807) is 24.3 Å². The number of Topliss-reactive ketones (excluding diaryl/α,β-unsaturated/α-hetero) is 1. The van der Waals surface area contributed by atoms with Gasteiger partial charge in [-0.1, -0.05) is 12.1 Å². The summed E-state index contributed by atoms with van der Waals surface area (Å²) >= 11 is 0. The molecule has 0 bridgehead atoms. The monoisotopic (exact) mass is 343 g/mol. The van der Waals surface area contributed by atoms with E-state index in [0.717, 1.165) is 17.1 Å². The summed E-state index contributed by atoms with van der Waals surface area (Å²) in [5.41, 5.74) is 3.58. The van der Waals surface area contributed by atoms with Crippen LogP contribution < -0.4 is 10.6 Å². The van der Waals surface area contributed by atoms with Gasteiger partial charge in [0.25, 0.3) is 0 Å². The molecule has 26 heavy (non-hydrogen) atoms. The maximum atomic E-state index is 11.5. The van der Waals surface area contributed by atoms with E-state index in [0.29, 0.717) is 22.9 Å². The number of nitriles is 1. The van der Waals surface area contributed by atoms with E-state index < -0.39 is 0 Å². The van der Waals surface area contributed by atoms with Crippen LogP contribution >= 0.6 is 0 Å². The maximum Gasteiger partial charge on any atom is 0.229 e. The van der Waals surface area contributed by atoms with Crippen LogP contribution in [0.15, 0.2) is 54.6 Å². The average molecular weight is 343 g/mol.